The SMILES string of the molecule is O=C(CCCCCN(CCCCN1CCCC1)CCc1cccc2ccccc12)NO. The van der Waals surface area contributed by atoms with Crippen LogP contribution in [0.5, 0.6) is 0 Å². The number of benzene rings is 2. The van der Waals surface area contributed by atoms with Crippen LogP contribution < -0.4 is 5.48 Å². The number of carbonyl (C=O) groups excluding carboxylic acids is 1. The summed E-state index contributed by atoms with van der Waals surface area (Å²) in [6, 6.07) is 15.3. The summed E-state index contributed by atoms with van der Waals surface area (Å²) in [5.74, 6) is -0.283. The van der Waals surface area contributed by atoms with Gasteiger partial charge in [0.1, 0.15) is 0 Å². The van der Waals surface area contributed by atoms with Crippen molar-refractivity contribution >= 4 is 16.7 Å². The molecule has 0 radical (unpaired) electrons. The number of hydrogen-bond donors (Lipinski definition) is 2. The summed E-state index contributed by atoms with van der Waals surface area (Å²) in [5.41, 5.74) is 3.15. The summed E-state index contributed by atoms with van der Waals surface area (Å²) in [5, 5.41) is 11.3. The quantitative estimate of drug-likeness (QED) is 0.263. The van der Waals surface area contributed by atoms with Crippen LogP contribution in [0.15, 0.2) is 42.5 Å². The molecule has 1 aliphatic rings. The van der Waals surface area contributed by atoms with Crippen molar-refractivity contribution in [3.63, 3.8) is 0 Å². The molecule has 0 aliphatic carbocycles. The van der Waals surface area contributed by atoms with Gasteiger partial charge in [0.2, 0.25) is 5.91 Å². The molecule has 1 aliphatic heterocycles. The van der Waals surface area contributed by atoms with E-state index in [1.54, 1.807) is 5.48 Å². The van der Waals surface area contributed by atoms with Crippen LogP contribution in [0, 0.1) is 0 Å². The standard InChI is InChI=1S/C26H39N3O2/c30-26(27-31)15-2-1-5-17-29(21-9-8-20-28-18-6-7-19-28)22-16-24-13-10-12-23-11-3-4-14-25(23)24/h3-4,10-14,31H,1-2,5-9,15-22H2,(H,27,30). The fraction of sp³-hybridized carbons (Fsp3) is 0.577. The monoisotopic (exact) mass is 425 g/mol. The number of nitrogens with one attached hydrogen (secondary N) is 1. The van der Waals surface area contributed by atoms with Crippen LogP contribution in [0.2, 0.25) is 0 Å². The van der Waals surface area contributed by atoms with E-state index in [2.05, 4.69) is 52.3 Å². The highest BCUT2D eigenvalue weighted by molar-refractivity contribution is 5.85. The van der Waals surface area contributed by atoms with Crippen molar-refractivity contribution in [2.24, 2.45) is 0 Å². The molecule has 31 heavy (non-hydrogen) atoms. The van der Waals surface area contributed by atoms with Gasteiger partial charge >= 0.3 is 0 Å². The average Bonchev–Trinajstić information content (AvgIpc) is 3.32. The average molecular weight is 426 g/mol. The topological polar surface area (TPSA) is 55.8 Å². The Morgan fingerprint density at radius 1 is 0.903 bits per heavy atom. The number of likely N-dealkylation sites (tertiary alicyclic amines) is 1. The summed E-state index contributed by atoms with van der Waals surface area (Å²) in [4.78, 5) is 16.4. The van der Waals surface area contributed by atoms with Gasteiger partial charge in [-0.1, -0.05) is 48.9 Å². The van der Waals surface area contributed by atoms with Crippen LogP contribution in [0.3, 0.4) is 0 Å². The van der Waals surface area contributed by atoms with Crippen molar-refractivity contribution in [2.45, 2.75) is 57.8 Å². The van der Waals surface area contributed by atoms with Crippen LogP contribution >= 0.6 is 0 Å². The smallest absolute Gasteiger partial charge is 0.243 e. The van der Waals surface area contributed by atoms with E-state index in [0.717, 1.165) is 45.3 Å². The van der Waals surface area contributed by atoms with Gasteiger partial charge in [0.05, 0.1) is 0 Å². The molecule has 0 atom stereocenters. The Morgan fingerprint density at radius 3 is 2.45 bits per heavy atom. The minimum atomic E-state index is -0.283. The maximum Gasteiger partial charge on any atom is 0.243 e. The summed E-state index contributed by atoms with van der Waals surface area (Å²) in [6.45, 7) is 7.12. The third-order valence-electron chi connectivity index (χ3n) is 6.48. The Hall–Kier alpha value is -1.95. The Bertz CT molecular complexity index is 784. The molecule has 2 aromatic rings. The molecule has 1 amide bonds. The number of fused-ring (bicyclic) bond motifs is 1. The molecule has 1 heterocycles. The lowest BCUT2D eigenvalue weighted by Gasteiger charge is -2.23. The first kappa shape index (κ1) is 23.7. The van der Waals surface area contributed by atoms with E-state index >= 15 is 0 Å². The highest BCUT2D eigenvalue weighted by Crippen LogP contribution is 2.19. The first-order valence-electron chi connectivity index (χ1n) is 12.1. The van der Waals surface area contributed by atoms with Gasteiger partial charge < -0.3 is 9.80 Å². The van der Waals surface area contributed by atoms with Crippen molar-refractivity contribution in [3.8, 4) is 0 Å². The highest BCUT2D eigenvalue weighted by Gasteiger charge is 2.12. The zero-order valence-electron chi connectivity index (χ0n) is 18.9. The number of hydrogen-bond acceptors (Lipinski definition) is 4. The predicted octanol–water partition coefficient (Wildman–Crippen LogP) is 4.63. The minimum Gasteiger partial charge on any atom is -0.303 e. The second-order valence-corrected chi connectivity index (χ2v) is 8.83. The van der Waals surface area contributed by atoms with Crippen molar-refractivity contribution in [1.29, 1.82) is 0 Å². The Kier molecular flexibility index (Phi) is 10.3. The molecule has 1 fully saturated rings. The Balaban J connectivity index is 1.46. The van der Waals surface area contributed by atoms with Gasteiger partial charge in [0, 0.05) is 13.0 Å². The second-order valence-electron chi connectivity index (χ2n) is 8.83. The van der Waals surface area contributed by atoms with Crippen LogP contribution in [0.1, 0.15) is 56.9 Å². The van der Waals surface area contributed by atoms with Gasteiger partial charge in [-0.15, -0.1) is 0 Å². The third-order valence-corrected chi connectivity index (χ3v) is 6.48. The molecule has 0 unspecified atom stereocenters. The first-order chi connectivity index (χ1) is 15.3. The summed E-state index contributed by atoms with van der Waals surface area (Å²) >= 11 is 0. The number of unbranched alkanes of at least 4 members (excludes halogenated alkanes) is 3. The molecular weight excluding hydrogens is 386 g/mol. The Morgan fingerprint density at radius 2 is 1.65 bits per heavy atom. The lowest BCUT2D eigenvalue weighted by molar-refractivity contribution is -0.129. The van der Waals surface area contributed by atoms with E-state index in [0.29, 0.717) is 6.42 Å². The zero-order chi connectivity index (χ0) is 21.7. The van der Waals surface area contributed by atoms with E-state index in [4.69, 9.17) is 5.21 Å². The van der Waals surface area contributed by atoms with Gasteiger partial charge in [-0.25, -0.2) is 5.48 Å². The third kappa shape index (κ3) is 8.24. The van der Waals surface area contributed by atoms with Crippen molar-refractivity contribution in [2.75, 3.05) is 39.3 Å². The molecule has 0 bridgehead atoms. The first-order valence-corrected chi connectivity index (χ1v) is 12.1. The molecule has 2 aromatic carbocycles. The molecule has 1 saturated heterocycles. The molecule has 0 spiro atoms. The molecule has 5 nitrogen and oxygen atoms in total. The zero-order valence-corrected chi connectivity index (χ0v) is 18.9. The van der Waals surface area contributed by atoms with Gasteiger partial charge in [-0.05, 0) is 94.0 Å². The van der Waals surface area contributed by atoms with E-state index in [1.165, 1.54) is 61.7 Å². The predicted molar refractivity (Wildman–Crippen MR) is 127 cm³/mol. The second kappa shape index (κ2) is 13.5. The van der Waals surface area contributed by atoms with E-state index in [1.807, 2.05) is 0 Å². The molecule has 0 aromatic heterocycles. The van der Waals surface area contributed by atoms with Crippen molar-refractivity contribution < 1.29 is 10.0 Å². The van der Waals surface area contributed by atoms with Crippen molar-refractivity contribution in [3.05, 3.63) is 48.0 Å². The maximum atomic E-state index is 11.2. The number of hydroxylamine groups is 1. The minimum absolute atomic E-state index is 0.283. The number of nitrogens with zero attached hydrogens (tertiary/aromatic N) is 2. The molecular formula is C26H39N3O2. The van der Waals surface area contributed by atoms with Gasteiger partial charge in [0.25, 0.3) is 0 Å². The molecule has 2 N–H and O–H groups in total. The molecule has 0 saturated carbocycles. The lowest BCUT2D eigenvalue weighted by atomic mass is 10.0. The summed E-state index contributed by atoms with van der Waals surface area (Å²) in [7, 11) is 0. The highest BCUT2D eigenvalue weighted by atomic mass is 16.5. The lowest BCUT2D eigenvalue weighted by Crippen LogP contribution is -2.29. The molecule has 5 heteroatoms. The van der Waals surface area contributed by atoms with Crippen LogP contribution in [0.25, 0.3) is 10.8 Å². The number of amides is 1. The van der Waals surface area contributed by atoms with Gasteiger partial charge in [-0.2, -0.15) is 0 Å². The maximum absolute atomic E-state index is 11.2. The largest absolute Gasteiger partial charge is 0.303 e. The normalized spacial score (nSPS) is 14.5. The van der Waals surface area contributed by atoms with E-state index in [-0.39, 0.29) is 5.91 Å². The van der Waals surface area contributed by atoms with E-state index < -0.39 is 0 Å². The van der Waals surface area contributed by atoms with Crippen LogP contribution in [-0.2, 0) is 11.2 Å². The van der Waals surface area contributed by atoms with E-state index in [9.17, 15) is 4.79 Å². The number of rotatable bonds is 14. The van der Waals surface area contributed by atoms with Gasteiger partial charge in [-0.3, -0.25) is 10.0 Å². The molecule has 3 rings (SSSR count). The fourth-order valence-corrected chi connectivity index (χ4v) is 4.66. The van der Waals surface area contributed by atoms with Crippen LogP contribution in [0.4, 0.5) is 0 Å². The van der Waals surface area contributed by atoms with Crippen molar-refractivity contribution in [1.82, 2.24) is 15.3 Å². The molecule has 170 valence electrons. The van der Waals surface area contributed by atoms with Gasteiger partial charge in [0.15, 0.2) is 0 Å². The Labute approximate surface area is 187 Å². The fourth-order valence-electron chi connectivity index (χ4n) is 4.66. The summed E-state index contributed by atoms with van der Waals surface area (Å²) < 4.78 is 0. The number of carbonyl (C=O) groups is 1. The summed E-state index contributed by atoms with van der Waals surface area (Å²) in [6.07, 6.45) is 9.69. The van der Waals surface area contributed by atoms with Crippen LogP contribution in [-0.4, -0.2) is 60.2 Å².